The number of amides is 2. The van der Waals surface area contributed by atoms with Gasteiger partial charge in [-0.1, -0.05) is 6.92 Å². The van der Waals surface area contributed by atoms with E-state index in [2.05, 4.69) is 20.6 Å². The van der Waals surface area contributed by atoms with Crippen LogP contribution in [0.15, 0.2) is 18.2 Å². The third kappa shape index (κ3) is 5.65. The third-order valence-electron chi connectivity index (χ3n) is 7.07. The van der Waals surface area contributed by atoms with Crippen LogP contribution in [0.5, 0.6) is 5.75 Å². The number of fused-ring (bicyclic) bond motifs is 3. The van der Waals surface area contributed by atoms with E-state index >= 15 is 0 Å². The van der Waals surface area contributed by atoms with E-state index in [0.717, 1.165) is 17.7 Å². The molecular weight excluding hydrogens is 519 g/mol. The SMILES string of the molecule is CCc1nc(C(N)=O)c(Nc2ccc3c(c2)OCC2CN(C(=O)C(F)(F)F)CCN32)nc1NC1CCOCC1. The Labute approximate surface area is 222 Å². The van der Waals surface area contributed by atoms with Gasteiger partial charge in [-0.3, -0.25) is 9.59 Å². The third-order valence-corrected chi connectivity index (χ3v) is 7.07. The molecule has 2 fully saturated rings. The molecule has 2 amide bonds. The number of aromatic nitrogens is 2. The van der Waals surface area contributed by atoms with Crippen LogP contribution in [0.4, 0.5) is 36.2 Å². The molecule has 1 unspecified atom stereocenters. The van der Waals surface area contributed by atoms with Crippen molar-refractivity contribution in [1.29, 1.82) is 0 Å². The number of nitrogens with one attached hydrogen (secondary N) is 2. The summed E-state index contributed by atoms with van der Waals surface area (Å²) in [5, 5.41) is 6.55. The number of aryl methyl sites for hydroxylation is 1. The molecule has 210 valence electrons. The minimum absolute atomic E-state index is 0.00790. The highest BCUT2D eigenvalue weighted by molar-refractivity contribution is 5.96. The molecule has 14 heteroatoms. The fourth-order valence-corrected chi connectivity index (χ4v) is 5.07. The van der Waals surface area contributed by atoms with Gasteiger partial charge in [-0.2, -0.15) is 13.2 Å². The summed E-state index contributed by atoms with van der Waals surface area (Å²) in [6.07, 6.45) is -2.70. The zero-order valence-electron chi connectivity index (χ0n) is 21.4. The number of rotatable bonds is 6. The topological polar surface area (TPSA) is 135 Å². The maximum atomic E-state index is 12.9. The van der Waals surface area contributed by atoms with Crippen LogP contribution in [0, 0.1) is 0 Å². The molecule has 0 bridgehead atoms. The summed E-state index contributed by atoms with van der Waals surface area (Å²) in [6, 6.07) is 5.03. The van der Waals surface area contributed by atoms with Gasteiger partial charge >= 0.3 is 12.1 Å². The number of nitrogens with zero attached hydrogens (tertiary/aromatic N) is 4. The number of carbonyl (C=O) groups excluding carboxylic acids is 2. The second-order valence-corrected chi connectivity index (χ2v) is 9.68. The average molecular weight is 550 g/mol. The predicted molar refractivity (Wildman–Crippen MR) is 136 cm³/mol. The number of alkyl halides is 3. The number of hydrogen-bond donors (Lipinski definition) is 3. The molecule has 4 N–H and O–H groups in total. The number of anilines is 4. The van der Waals surface area contributed by atoms with E-state index in [1.165, 1.54) is 0 Å². The van der Waals surface area contributed by atoms with Crippen LogP contribution in [0.1, 0.15) is 35.9 Å². The minimum Gasteiger partial charge on any atom is -0.489 e. The predicted octanol–water partition coefficient (Wildman–Crippen LogP) is 2.44. The number of piperazine rings is 1. The first-order valence-corrected chi connectivity index (χ1v) is 12.9. The summed E-state index contributed by atoms with van der Waals surface area (Å²) >= 11 is 0. The Balaban J connectivity index is 1.36. The maximum absolute atomic E-state index is 12.9. The molecule has 0 aliphatic carbocycles. The molecule has 3 aliphatic rings. The Morgan fingerprint density at radius 1 is 1.15 bits per heavy atom. The van der Waals surface area contributed by atoms with Crippen molar-refractivity contribution in [3.63, 3.8) is 0 Å². The maximum Gasteiger partial charge on any atom is 0.471 e. The molecule has 11 nitrogen and oxygen atoms in total. The van der Waals surface area contributed by atoms with E-state index in [-0.39, 0.29) is 43.8 Å². The highest BCUT2D eigenvalue weighted by Crippen LogP contribution is 2.38. The van der Waals surface area contributed by atoms with Gasteiger partial charge in [0, 0.05) is 50.6 Å². The standard InChI is InChI=1S/C25H30F3N7O4/c1-2-17-22(30-14-5-9-38-10-6-14)33-23(20(32-17)21(29)36)31-15-3-4-18-19(11-15)39-13-16-12-34(7-8-35(16)18)24(37)25(26,27)28/h3-4,11,14,16H,2,5-10,12-13H2,1H3,(H2,29,36)(H2,30,31,33). The first-order chi connectivity index (χ1) is 18.6. The van der Waals surface area contributed by atoms with Crippen LogP contribution in [0.3, 0.4) is 0 Å². The zero-order chi connectivity index (χ0) is 27.7. The number of benzene rings is 1. The van der Waals surface area contributed by atoms with Crippen LogP contribution in [0.2, 0.25) is 0 Å². The molecule has 2 aromatic rings. The molecule has 3 aliphatic heterocycles. The Hall–Kier alpha value is -3.81. The Morgan fingerprint density at radius 3 is 2.62 bits per heavy atom. The van der Waals surface area contributed by atoms with Crippen LogP contribution in [0.25, 0.3) is 0 Å². The van der Waals surface area contributed by atoms with Gasteiger partial charge in [0.2, 0.25) is 0 Å². The summed E-state index contributed by atoms with van der Waals surface area (Å²) in [5.74, 6) is -1.27. The number of hydrogen-bond acceptors (Lipinski definition) is 9. The smallest absolute Gasteiger partial charge is 0.471 e. The number of primary amides is 1. The fraction of sp³-hybridized carbons (Fsp3) is 0.520. The van der Waals surface area contributed by atoms with Crippen molar-refractivity contribution >= 4 is 34.8 Å². The van der Waals surface area contributed by atoms with E-state index in [0.29, 0.717) is 48.3 Å². The molecule has 0 saturated carbocycles. The van der Waals surface area contributed by atoms with Crippen molar-refractivity contribution in [1.82, 2.24) is 14.9 Å². The van der Waals surface area contributed by atoms with Crippen LogP contribution < -0.4 is 26.0 Å². The molecule has 5 rings (SSSR count). The van der Waals surface area contributed by atoms with Crippen LogP contribution >= 0.6 is 0 Å². The molecule has 1 aromatic heterocycles. The largest absolute Gasteiger partial charge is 0.489 e. The van der Waals surface area contributed by atoms with Gasteiger partial charge < -0.3 is 35.6 Å². The number of carbonyl (C=O) groups is 2. The van der Waals surface area contributed by atoms with Crippen molar-refractivity contribution in [2.24, 2.45) is 5.73 Å². The highest BCUT2D eigenvalue weighted by Gasteiger charge is 2.45. The van der Waals surface area contributed by atoms with Crippen LogP contribution in [-0.2, 0) is 16.0 Å². The van der Waals surface area contributed by atoms with Crippen LogP contribution in [-0.4, -0.2) is 84.4 Å². The van der Waals surface area contributed by atoms with E-state index in [4.69, 9.17) is 15.2 Å². The molecular formula is C25H30F3N7O4. The first kappa shape index (κ1) is 26.8. The molecule has 1 aromatic carbocycles. The van der Waals surface area contributed by atoms with Crippen molar-refractivity contribution in [2.45, 2.75) is 44.4 Å². The van der Waals surface area contributed by atoms with Gasteiger partial charge in [0.25, 0.3) is 5.91 Å². The van der Waals surface area contributed by atoms with Crippen molar-refractivity contribution in [3.8, 4) is 5.75 Å². The van der Waals surface area contributed by atoms with Gasteiger partial charge in [0.1, 0.15) is 12.4 Å². The van der Waals surface area contributed by atoms with E-state index in [1.54, 1.807) is 18.2 Å². The number of halogens is 3. The fourth-order valence-electron chi connectivity index (χ4n) is 5.07. The second kappa shape index (κ2) is 10.8. The molecule has 1 atom stereocenters. The van der Waals surface area contributed by atoms with Crippen molar-refractivity contribution < 1.29 is 32.2 Å². The minimum atomic E-state index is -4.90. The summed E-state index contributed by atoms with van der Waals surface area (Å²) in [4.78, 5) is 35.8. The Kier molecular flexibility index (Phi) is 7.38. The lowest BCUT2D eigenvalue weighted by Crippen LogP contribution is -2.60. The van der Waals surface area contributed by atoms with Gasteiger partial charge in [0.05, 0.1) is 17.4 Å². The molecule has 2 saturated heterocycles. The Morgan fingerprint density at radius 2 is 1.92 bits per heavy atom. The molecule has 4 heterocycles. The van der Waals surface area contributed by atoms with Crippen molar-refractivity contribution in [2.75, 3.05) is 55.0 Å². The Bertz CT molecular complexity index is 1250. The van der Waals surface area contributed by atoms with E-state index < -0.39 is 24.0 Å². The molecule has 39 heavy (non-hydrogen) atoms. The lowest BCUT2D eigenvalue weighted by atomic mass is 10.1. The summed E-state index contributed by atoms with van der Waals surface area (Å²) in [6.45, 7) is 3.47. The number of ether oxygens (including phenoxy) is 2. The average Bonchev–Trinajstić information content (AvgIpc) is 2.92. The monoisotopic (exact) mass is 549 g/mol. The summed E-state index contributed by atoms with van der Waals surface area (Å²) in [7, 11) is 0. The van der Waals surface area contributed by atoms with Gasteiger partial charge in [-0.05, 0) is 31.4 Å². The number of nitrogens with two attached hydrogens (primary N) is 1. The van der Waals surface area contributed by atoms with Crippen molar-refractivity contribution in [3.05, 3.63) is 29.6 Å². The first-order valence-electron chi connectivity index (χ1n) is 12.9. The van der Waals surface area contributed by atoms with E-state index in [1.807, 2.05) is 11.8 Å². The lowest BCUT2D eigenvalue weighted by Gasteiger charge is -2.45. The normalized spacial score (nSPS) is 19.5. The van der Waals surface area contributed by atoms with Gasteiger partial charge in [-0.15, -0.1) is 0 Å². The van der Waals surface area contributed by atoms with Gasteiger partial charge in [0.15, 0.2) is 17.3 Å². The zero-order valence-corrected chi connectivity index (χ0v) is 21.4. The molecule has 0 spiro atoms. The summed E-state index contributed by atoms with van der Waals surface area (Å²) in [5.41, 5.74) is 7.53. The highest BCUT2D eigenvalue weighted by atomic mass is 19.4. The second-order valence-electron chi connectivity index (χ2n) is 9.68. The van der Waals surface area contributed by atoms with E-state index in [9.17, 15) is 22.8 Å². The lowest BCUT2D eigenvalue weighted by molar-refractivity contribution is -0.186. The quantitative estimate of drug-likeness (QED) is 0.497. The van der Waals surface area contributed by atoms with Gasteiger partial charge in [-0.25, -0.2) is 9.97 Å². The molecule has 0 radical (unpaired) electrons. The summed E-state index contributed by atoms with van der Waals surface area (Å²) < 4.78 is 50.0.